The van der Waals surface area contributed by atoms with Crippen LogP contribution >= 0.6 is 0 Å². The highest BCUT2D eigenvalue weighted by Crippen LogP contribution is 2.31. The first-order chi connectivity index (χ1) is 8.47. The molecule has 2 saturated heterocycles. The van der Waals surface area contributed by atoms with Gasteiger partial charge in [-0.1, -0.05) is 0 Å². The molecule has 1 atom stereocenters. The van der Waals surface area contributed by atoms with E-state index in [1.807, 2.05) is 0 Å². The van der Waals surface area contributed by atoms with E-state index in [-0.39, 0.29) is 17.6 Å². The summed E-state index contributed by atoms with van der Waals surface area (Å²) in [6.45, 7) is 10.7. The second-order valence-electron chi connectivity index (χ2n) is 6.76. The van der Waals surface area contributed by atoms with Gasteiger partial charge in [0.25, 0.3) is 0 Å². The Morgan fingerprint density at radius 3 is 2.61 bits per heavy atom. The van der Waals surface area contributed by atoms with Crippen LogP contribution in [0.1, 0.15) is 26.7 Å². The molecule has 1 unspecified atom stereocenters. The maximum Gasteiger partial charge on any atom is 0.0556 e. The lowest BCUT2D eigenvalue weighted by Gasteiger charge is -2.48. The van der Waals surface area contributed by atoms with Gasteiger partial charge < -0.3 is 9.84 Å². The van der Waals surface area contributed by atoms with E-state index in [9.17, 15) is 5.11 Å². The van der Waals surface area contributed by atoms with Gasteiger partial charge in [0.2, 0.25) is 0 Å². The van der Waals surface area contributed by atoms with E-state index >= 15 is 0 Å². The van der Waals surface area contributed by atoms with E-state index in [4.69, 9.17) is 4.74 Å². The molecular weight excluding hydrogens is 228 g/mol. The first-order valence-corrected chi connectivity index (χ1v) is 7.10. The van der Waals surface area contributed by atoms with Gasteiger partial charge in [-0.2, -0.15) is 0 Å². The minimum Gasteiger partial charge on any atom is -0.396 e. The first kappa shape index (κ1) is 14.3. The number of rotatable bonds is 3. The van der Waals surface area contributed by atoms with Crippen LogP contribution in [0.4, 0.5) is 0 Å². The van der Waals surface area contributed by atoms with Gasteiger partial charge in [-0.3, -0.25) is 9.80 Å². The molecule has 0 aromatic carbocycles. The molecule has 0 spiro atoms. The van der Waals surface area contributed by atoms with Gasteiger partial charge in [0.1, 0.15) is 0 Å². The van der Waals surface area contributed by atoms with E-state index in [1.165, 1.54) is 0 Å². The number of aliphatic hydroxyl groups is 1. The molecule has 0 aliphatic carbocycles. The summed E-state index contributed by atoms with van der Waals surface area (Å²) >= 11 is 0. The van der Waals surface area contributed by atoms with Crippen LogP contribution in [0.3, 0.4) is 0 Å². The molecule has 2 rings (SSSR count). The molecule has 0 amide bonds. The standard InChI is InChI=1S/C14H28N2O2/c1-13(2)9-16(7-6-15(13)3)10-14(11-17)5-4-8-18-12-14/h17H,4-12H2,1-3H3. The van der Waals surface area contributed by atoms with Crippen molar-refractivity contribution in [1.82, 2.24) is 9.80 Å². The minimum absolute atomic E-state index is 0.0236. The summed E-state index contributed by atoms with van der Waals surface area (Å²) in [4.78, 5) is 4.93. The second kappa shape index (κ2) is 5.45. The number of hydrogen-bond donors (Lipinski definition) is 1. The zero-order valence-corrected chi connectivity index (χ0v) is 12.1. The average Bonchev–Trinajstić information content (AvgIpc) is 2.35. The lowest BCUT2D eigenvalue weighted by atomic mass is 9.82. The second-order valence-corrected chi connectivity index (χ2v) is 6.76. The number of hydrogen-bond acceptors (Lipinski definition) is 4. The molecule has 4 heteroatoms. The average molecular weight is 256 g/mol. The molecule has 0 aromatic rings. The predicted molar refractivity (Wildman–Crippen MR) is 72.7 cm³/mol. The number of ether oxygens (including phenoxy) is 1. The maximum atomic E-state index is 9.74. The Morgan fingerprint density at radius 1 is 1.28 bits per heavy atom. The van der Waals surface area contributed by atoms with Gasteiger partial charge in [-0.05, 0) is 33.7 Å². The Hall–Kier alpha value is -0.160. The number of piperazine rings is 1. The van der Waals surface area contributed by atoms with Crippen molar-refractivity contribution in [3.8, 4) is 0 Å². The lowest BCUT2D eigenvalue weighted by Crippen LogP contribution is -2.60. The van der Waals surface area contributed by atoms with Crippen LogP contribution in [-0.2, 0) is 4.74 Å². The van der Waals surface area contributed by atoms with Crippen LogP contribution in [0.15, 0.2) is 0 Å². The smallest absolute Gasteiger partial charge is 0.0556 e. The van der Waals surface area contributed by atoms with Gasteiger partial charge in [0.15, 0.2) is 0 Å². The summed E-state index contributed by atoms with van der Waals surface area (Å²) in [6, 6.07) is 0. The van der Waals surface area contributed by atoms with Crippen LogP contribution in [0.5, 0.6) is 0 Å². The molecular formula is C14H28N2O2. The third kappa shape index (κ3) is 3.05. The fourth-order valence-corrected chi connectivity index (χ4v) is 3.16. The predicted octanol–water partition coefficient (Wildman–Crippen LogP) is 0.802. The Bertz CT molecular complexity index is 275. The van der Waals surface area contributed by atoms with Crippen molar-refractivity contribution in [3.63, 3.8) is 0 Å². The van der Waals surface area contributed by atoms with Crippen molar-refractivity contribution < 1.29 is 9.84 Å². The Morgan fingerprint density at radius 2 is 2.06 bits per heavy atom. The molecule has 106 valence electrons. The molecule has 4 nitrogen and oxygen atoms in total. The molecule has 0 bridgehead atoms. The lowest BCUT2D eigenvalue weighted by molar-refractivity contribution is -0.0700. The molecule has 18 heavy (non-hydrogen) atoms. The summed E-state index contributed by atoms with van der Waals surface area (Å²) in [5.74, 6) is 0. The molecule has 1 N–H and O–H groups in total. The summed E-state index contributed by atoms with van der Waals surface area (Å²) in [6.07, 6.45) is 2.17. The Kier molecular flexibility index (Phi) is 4.32. The molecule has 2 fully saturated rings. The first-order valence-electron chi connectivity index (χ1n) is 7.10. The number of likely N-dealkylation sites (N-methyl/N-ethyl adjacent to an activating group) is 1. The van der Waals surface area contributed by atoms with E-state index in [1.54, 1.807) is 0 Å². The zero-order valence-electron chi connectivity index (χ0n) is 12.1. The van der Waals surface area contributed by atoms with E-state index in [0.717, 1.165) is 52.2 Å². The quantitative estimate of drug-likeness (QED) is 0.810. The zero-order chi connectivity index (χ0) is 13.2. The molecule has 2 heterocycles. The number of aliphatic hydroxyl groups excluding tert-OH is 1. The van der Waals surface area contributed by atoms with Gasteiger partial charge in [0, 0.05) is 43.7 Å². The SMILES string of the molecule is CN1CCN(CC2(CO)CCCOC2)CC1(C)C. The molecule has 2 aliphatic rings. The minimum atomic E-state index is -0.0236. The fraction of sp³-hybridized carbons (Fsp3) is 1.00. The van der Waals surface area contributed by atoms with Crippen molar-refractivity contribution in [2.45, 2.75) is 32.2 Å². The molecule has 2 aliphatic heterocycles. The molecule has 0 saturated carbocycles. The molecule has 0 aromatic heterocycles. The van der Waals surface area contributed by atoms with Gasteiger partial charge >= 0.3 is 0 Å². The number of nitrogens with zero attached hydrogens (tertiary/aromatic N) is 2. The maximum absolute atomic E-state index is 9.74. The fourth-order valence-electron chi connectivity index (χ4n) is 3.16. The highest BCUT2D eigenvalue weighted by molar-refractivity contribution is 4.92. The van der Waals surface area contributed by atoms with Crippen molar-refractivity contribution in [2.75, 3.05) is 53.0 Å². The Labute approximate surface area is 111 Å². The van der Waals surface area contributed by atoms with Crippen LogP contribution < -0.4 is 0 Å². The summed E-state index contributed by atoms with van der Waals surface area (Å²) in [5, 5.41) is 9.74. The molecule has 0 radical (unpaired) electrons. The Balaban J connectivity index is 1.96. The summed E-state index contributed by atoms with van der Waals surface area (Å²) in [5.41, 5.74) is 0.203. The highest BCUT2D eigenvalue weighted by Gasteiger charge is 2.38. The highest BCUT2D eigenvalue weighted by atomic mass is 16.5. The third-order valence-electron chi connectivity index (χ3n) is 4.69. The van der Waals surface area contributed by atoms with Crippen molar-refractivity contribution in [3.05, 3.63) is 0 Å². The van der Waals surface area contributed by atoms with Gasteiger partial charge in [-0.25, -0.2) is 0 Å². The van der Waals surface area contributed by atoms with Crippen LogP contribution in [0.2, 0.25) is 0 Å². The summed E-state index contributed by atoms with van der Waals surface area (Å²) in [7, 11) is 2.20. The largest absolute Gasteiger partial charge is 0.396 e. The monoisotopic (exact) mass is 256 g/mol. The van der Waals surface area contributed by atoms with E-state index in [0.29, 0.717) is 0 Å². The van der Waals surface area contributed by atoms with Crippen LogP contribution in [0, 0.1) is 5.41 Å². The third-order valence-corrected chi connectivity index (χ3v) is 4.69. The van der Waals surface area contributed by atoms with Crippen LogP contribution in [0.25, 0.3) is 0 Å². The van der Waals surface area contributed by atoms with Crippen molar-refractivity contribution >= 4 is 0 Å². The van der Waals surface area contributed by atoms with Crippen molar-refractivity contribution in [1.29, 1.82) is 0 Å². The van der Waals surface area contributed by atoms with Crippen molar-refractivity contribution in [2.24, 2.45) is 5.41 Å². The summed E-state index contributed by atoms with van der Waals surface area (Å²) < 4.78 is 5.59. The van der Waals surface area contributed by atoms with E-state index in [2.05, 4.69) is 30.7 Å². The topological polar surface area (TPSA) is 35.9 Å². The normalized spacial score (nSPS) is 34.7. The van der Waals surface area contributed by atoms with E-state index < -0.39 is 0 Å². The van der Waals surface area contributed by atoms with Crippen LogP contribution in [-0.4, -0.2) is 73.5 Å². The van der Waals surface area contributed by atoms with Gasteiger partial charge in [0.05, 0.1) is 13.2 Å². The van der Waals surface area contributed by atoms with Gasteiger partial charge in [-0.15, -0.1) is 0 Å².